The van der Waals surface area contributed by atoms with E-state index in [1.165, 1.54) is 0 Å². The third-order valence-corrected chi connectivity index (χ3v) is 4.09. The van der Waals surface area contributed by atoms with E-state index in [4.69, 9.17) is 5.26 Å². The molecule has 1 fully saturated rings. The van der Waals surface area contributed by atoms with Crippen molar-refractivity contribution in [3.63, 3.8) is 0 Å². The van der Waals surface area contributed by atoms with E-state index in [-0.39, 0.29) is 0 Å². The van der Waals surface area contributed by atoms with Crippen LogP contribution in [0.15, 0.2) is 24.8 Å². The summed E-state index contributed by atoms with van der Waals surface area (Å²) in [5.74, 6) is 2.51. The van der Waals surface area contributed by atoms with Crippen molar-refractivity contribution in [1.82, 2.24) is 19.5 Å². The highest BCUT2D eigenvalue weighted by Crippen LogP contribution is 2.25. The molecule has 0 spiro atoms. The van der Waals surface area contributed by atoms with E-state index in [1.54, 1.807) is 12.4 Å². The van der Waals surface area contributed by atoms with E-state index in [9.17, 15) is 0 Å². The Kier molecular flexibility index (Phi) is 3.82. The summed E-state index contributed by atoms with van der Waals surface area (Å²) in [4.78, 5) is 15.0. The Balaban J connectivity index is 1.63. The predicted octanol–water partition coefficient (Wildman–Crippen LogP) is 1.54. The third kappa shape index (κ3) is 2.87. The normalized spacial score (nSPS) is 15.9. The standard InChI is InChI=1S/C15H18N6/c1-20-9-6-18-14(20)10-12-2-7-21(8-3-12)15-13(11-16)17-4-5-19-15/h4-6,9,12H,2-3,7-8,10H2,1H3. The van der Waals surface area contributed by atoms with E-state index >= 15 is 0 Å². The van der Waals surface area contributed by atoms with E-state index in [2.05, 4.69) is 30.5 Å². The smallest absolute Gasteiger partial charge is 0.183 e. The number of rotatable bonds is 3. The first-order chi connectivity index (χ1) is 10.3. The topological polar surface area (TPSA) is 70.6 Å². The highest BCUT2D eigenvalue weighted by atomic mass is 15.2. The molecule has 1 aliphatic heterocycles. The molecule has 0 aromatic carbocycles. The van der Waals surface area contributed by atoms with Crippen LogP contribution >= 0.6 is 0 Å². The molecule has 3 heterocycles. The Morgan fingerprint density at radius 1 is 1.19 bits per heavy atom. The van der Waals surface area contributed by atoms with Crippen molar-refractivity contribution in [2.45, 2.75) is 19.3 Å². The van der Waals surface area contributed by atoms with Crippen LogP contribution in [0, 0.1) is 17.2 Å². The number of piperidine rings is 1. The lowest BCUT2D eigenvalue weighted by Gasteiger charge is -2.32. The van der Waals surface area contributed by atoms with Crippen LogP contribution in [-0.2, 0) is 13.5 Å². The fraction of sp³-hybridized carbons (Fsp3) is 0.467. The van der Waals surface area contributed by atoms with Gasteiger partial charge in [0.2, 0.25) is 0 Å². The lowest BCUT2D eigenvalue weighted by molar-refractivity contribution is 0.392. The van der Waals surface area contributed by atoms with Gasteiger partial charge in [-0.05, 0) is 18.8 Å². The van der Waals surface area contributed by atoms with Gasteiger partial charge in [0.15, 0.2) is 11.5 Å². The second kappa shape index (κ2) is 5.92. The van der Waals surface area contributed by atoms with Crippen LogP contribution in [-0.4, -0.2) is 32.6 Å². The Hall–Kier alpha value is -2.42. The number of hydrogen-bond acceptors (Lipinski definition) is 5. The Bertz CT molecular complexity index is 648. The number of hydrogen-bond donors (Lipinski definition) is 0. The molecule has 21 heavy (non-hydrogen) atoms. The average Bonchev–Trinajstić information content (AvgIpc) is 2.93. The summed E-state index contributed by atoms with van der Waals surface area (Å²) in [6.45, 7) is 1.84. The number of aryl methyl sites for hydroxylation is 1. The number of nitrogens with zero attached hydrogens (tertiary/aromatic N) is 6. The molecule has 0 unspecified atom stereocenters. The van der Waals surface area contributed by atoms with Crippen molar-refractivity contribution in [3.8, 4) is 6.07 Å². The van der Waals surface area contributed by atoms with Crippen molar-refractivity contribution in [2.24, 2.45) is 13.0 Å². The van der Waals surface area contributed by atoms with E-state index in [0.29, 0.717) is 11.6 Å². The molecule has 0 bridgehead atoms. The van der Waals surface area contributed by atoms with E-state index in [0.717, 1.165) is 44.0 Å². The Morgan fingerprint density at radius 2 is 1.95 bits per heavy atom. The van der Waals surface area contributed by atoms with Gasteiger partial charge in [0.05, 0.1) is 0 Å². The fourth-order valence-corrected chi connectivity index (χ4v) is 2.84. The maximum absolute atomic E-state index is 9.11. The maximum atomic E-state index is 9.11. The SMILES string of the molecule is Cn1ccnc1CC1CCN(c2nccnc2C#N)CC1. The van der Waals surface area contributed by atoms with Crippen LogP contribution in [0.25, 0.3) is 0 Å². The van der Waals surface area contributed by atoms with E-state index < -0.39 is 0 Å². The monoisotopic (exact) mass is 282 g/mol. The minimum absolute atomic E-state index is 0.417. The second-order valence-corrected chi connectivity index (χ2v) is 5.43. The van der Waals surface area contributed by atoms with Crippen LogP contribution in [0.1, 0.15) is 24.4 Å². The maximum Gasteiger partial charge on any atom is 0.183 e. The van der Waals surface area contributed by atoms with Gasteiger partial charge in [-0.3, -0.25) is 0 Å². The van der Waals surface area contributed by atoms with Gasteiger partial charge in [-0.25, -0.2) is 15.0 Å². The quantitative estimate of drug-likeness (QED) is 0.854. The summed E-state index contributed by atoms with van der Waals surface area (Å²) in [5, 5.41) is 9.11. The highest BCUT2D eigenvalue weighted by Gasteiger charge is 2.23. The number of anilines is 1. The molecule has 6 heteroatoms. The molecule has 1 saturated heterocycles. The zero-order valence-corrected chi connectivity index (χ0v) is 12.1. The molecule has 0 N–H and O–H groups in total. The zero-order chi connectivity index (χ0) is 14.7. The first-order valence-electron chi connectivity index (χ1n) is 7.20. The summed E-state index contributed by atoms with van der Waals surface area (Å²) in [6.07, 6.45) is 10.3. The summed E-state index contributed by atoms with van der Waals surface area (Å²) in [7, 11) is 2.04. The molecule has 0 atom stereocenters. The van der Waals surface area contributed by atoms with Gasteiger partial charge in [0, 0.05) is 51.3 Å². The Morgan fingerprint density at radius 3 is 2.62 bits per heavy atom. The van der Waals surface area contributed by atoms with Crippen LogP contribution in [0.2, 0.25) is 0 Å². The first-order valence-corrected chi connectivity index (χ1v) is 7.20. The van der Waals surface area contributed by atoms with Gasteiger partial charge in [-0.2, -0.15) is 5.26 Å². The van der Waals surface area contributed by atoms with Crippen LogP contribution in [0.3, 0.4) is 0 Å². The van der Waals surface area contributed by atoms with Gasteiger partial charge in [0.25, 0.3) is 0 Å². The lowest BCUT2D eigenvalue weighted by Crippen LogP contribution is -2.35. The molecular weight excluding hydrogens is 264 g/mol. The molecule has 0 amide bonds. The van der Waals surface area contributed by atoms with E-state index in [1.807, 2.05) is 19.4 Å². The summed E-state index contributed by atoms with van der Waals surface area (Å²) in [6, 6.07) is 2.12. The van der Waals surface area contributed by atoms with Crippen LogP contribution in [0.5, 0.6) is 0 Å². The highest BCUT2D eigenvalue weighted by molar-refractivity contribution is 5.49. The van der Waals surface area contributed by atoms with Crippen molar-refractivity contribution in [1.29, 1.82) is 5.26 Å². The molecule has 2 aromatic heterocycles. The van der Waals surface area contributed by atoms with Crippen molar-refractivity contribution in [3.05, 3.63) is 36.3 Å². The number of aromatic nitrogens is 4. The molecule has 108 valence electrons. The molecule has 6 nitrogen and oxygen atoms in total. The molecule has 2 aromatic rings. The minimum atomic E-state index is 0.417. The van der Waals surface area contributed by atoms with Crippen molar-refractivity contribution >= 4 is 5.82 Å². The Labute approximate surface area is 124 Å². The van der Waals surface area contributed by atoms with Crippen molar-refractivity contribution < 1.29 is 0 Å². The van der Waals surface area contributed by atoms with Gasteiger partial charge in [-0.15, -0.1) is 0 Å². The molecule has 1 aliphatic rings. The number of nitriles is 1. The van der Waals surface area contributed by atoms with Crippen LogP contribution < -0.4 is 4.90 Å². The molecule has 0 saturated carbocycles. The lowest BCUT2D eigenvalue weighted by atomic mass is 9.93. The van der Waals surface area contributed by atoms with Crippen LogP contribution in [0.4, 0.5) is 5.82 Å². The molecule has 0 aliphatic carbocycles. The van der Waals surface area contributed by atoms with Gasteiger partial charge in [0.1, 0.15) is 11.9 Å². The fourth-order valence-electron chi connectivity index (χ4n) is 2.84. The second-order valence-electron chi connectivity index (χ2n) is 5.43. The molecular formula is C15H18N6. The third-order valence-electron chi connectivity index (χ3n) is 4.09. The average molecular weight is 282 g/mol. The predicted molar refractivity (Wildman–Crippen MR) is 78.6 cm³/mol. The number of imidazole rings is 1. The summed E-state index contributed by atoms with van der Waals surface area (Å²) >= 11 is 0. The molecule has 0 radical (unpaired) electrons. The van der Waals surface area contributed by atoms with Gasteiger partial charge >= 0.3 is 0 Å². The minimum Gasteiger partial charge on any atom is -0.354 e. The summed E-state index contributed by atoms with van der Waals surface area (Å²) in [5.41, 5.74) is 0.417. The van der Waals surface area contributed by atoms with Gasteiger partial charge < -0.3 is 9.47 Å². The van der Waals surface area contributed by atoms with Crippen molar-refractivity contribution in [2.75, 3.05) is 18.0 Å². The zero-order valence-electron chi connectivity index (χ0n) is 12.1. The molecule has 3 rings (SSSR count). The van der Waals surface area contributed by atoms with Gasteiger partial charge in [-0.1, -0.05) is 0 Å². The summed E-state index contributed by atoms with van der Waals surface area (Å²) < 4.78 is 2.09. The largest absolute Gasteiger partial charge is 0.354 e. The first kappa shape index (κ1) is 13.6.